The van der Waals surface area contributed by atoms with Crippen molar-refractivity contribution in [3.05, 3.63) is 29.8 Å². The van der Waals surface area contributed by atoms with Crippen molar-refractivity contribution in [1.29, 1.82) is 0 Å². The topological polar surface area (TPSA) is 41.1 Å². The smallest absolute Gasteiger partial charge is 0.238 e. The highest BCUT2D eigenvalue weighted by atomic mass is 19.1. The number of carbonyl (C=O) groups excluding carboxylic acids is 1. The lowest BCUT2D eigenvalue weighted by atomic mass is 9.84. The Hall–Kier alpha value is -1.49. The zero-order chi connectivity index (χ0) is 15.2. The van der Waals surface area contributed by atoms with Gasteiger partial charge in [0.05, 0.1) is 6.54 Å². The molecule has 5 heteroatoms. The monoisotopic (exact) mass is 296 g/mol. The third-order valence-electron chi connectivity index (χ3n) is 4.20. The quantitative estimate of drug-likeness (QED) is 0.873. The molecule has 116 valence electrons. The highest BCUT2D eigenvalue weighted by Crippen LogP contribution is 2.26. The molecular weight excluding hydrogens is 274 g/mol. The van der Waals surface area contributed by atoms with Crippen molar-refractivity contribution >= 4 is 11.6 Å². The Morgan fingerprint density at radius 3 is 2.38 bits per heavy atom. The van der Waals surface area contributed by atoms with Crippen molar-refractivity contribution in [2.24, 2.45) is 5.92 Å². The molecule has 3 nitrogen and oxygen atoms in total. The summed E-state index contributed by atoms with van der Waals surface area (Å²) in [5.41, 5.74) is -0.376. The Balaban J connectivity index is 1.78. The van der Waals surface area contributed by atoms with E-state index in [-0.39, 0.29) is 12.2 Å². The Labute approximate surface area is 124 Å². The fourth-order valence-electron chi connectivity index (χ4n) is 2.81. The number of rotatable bonds is 5. The Morgan fingerprint density at radius 1 is 1.19 bits per heavy atom. The summed E-state index contributed by atoms with van der Waals surface area (Å²) in [5, 5.41) is 5.45. The molecule has 0 heterocycles. The molecule has 1 aromatic carbocycles. The van der Waals surface area contributed by atoms with Crippen molar-refractivity contribution in [2.45, 2.75) is 45.1 Å². The van der Waals surface area contributed by atoms with E-state index in [1.807, 2.05) is 0 Å². The molecule has 0 saturated heterocycles. The van der Waals surface area contributed by atoms with E-state index in [2.05, 4.69) is 17.6 Å². The molecule has 1 amide bonds. The highest BCUT2D eigenvalue weighted by molar-refractivity contribution is 5.92. The van der Waals surface area contributed by atoms with Crippen LogP contribution in [0.2, 0.25) is 0 Å². The van der Waals surface area contributed by atoms with Crippen LogP contribution in [0.3, 0.4) is 0 Å². The summed E-state index contributed by atoms with van der Waals surface area (Å²) in [6, 6.07) is 3.84. The zero-order valence-electron chi connectivity index (χ0n) is 12.3. The second kappa shape index (κ2) is 7.50. The first-order valence-electron chi connectivity index (χ1n) is 7.57. The molecule has 2 N–H and O–H groups in total. The molecule has 1 aromatic rings. The minimum atomic E-state index is -0.758. The van der Waals surface area contributed by atoms with Crippen molar-refractivity contribution in [3.8, 4) is 0 Å². The minimum absolute atomic E-state index is 0.0786. The van der Waals surface area contributed by atoms with E-state index < -0.39 is 17.5 Å². The lowest BCUT2D eigenvalue weighted by molar-refractivity contribution is -0.115. The molecule has 0 spiro atoms. The van der Waals surface area contributed by atoms with Crippen molar-refractivity contribution in [1.82, 2.24) is 5.32 Å². The van der Waals surface area contributed by atoms with Crippen molar-refractivity contribution < 1.29 is 13.6 Å². The zero-order valence-corrected chi connectivity index (χ0v) is 12.3. The summed E-state index contributed by atoms with van der Waals surface area (Å²) < 4.78 is 26.8. The molecule has 1 aliphatic rings. The fraction of sp³-hybridized carbons (Fsp3) is 0.562. The van der Waals surface area contributed by atoms with Crippen LogP contribution in [0.15, 0.2) is 18.2 Å². The summed E-state index contributed by atoms with van der Waals surface area (Å²) in [4.78, 5) is 11.8. The number of anilines is 1. The van der Waals surface area contributed by atoms with Gasteiger partial charge in [-0.2, -0.15) is 0 Å². The summed E-state index contributed by atoms with van der Waals surface area (Å²) in [7, 11) is 0. The van der Waals surface area contributed by atoms with Gasteiger partial charge in [-0.1, -0.05) is 19.4 Å². The van der Waals surface area contributed by atoms with Gasteiger partial charge in [0.2, 0.25) is 5.91 Å². The van der Waals surface area contributed by atoms with Crippen LogP contribution in [-0.2, 0) is 4.79 Å². The molecule has 0 aromatic heterocycles. The Bertz CT molecular complexity index is 465. The van der Waals surface area contributed by atoms with Gasteiger partial charge >= 0.3 is 0 Å². The van der Waals surface area contributed by atoms with Gasteiger partial charge < -0.3 is 10.6 Å². The molecule has 0 bridgehead atoms. The van der Waals surface area contributed by atoms with Gasteiger partial charge in [-0.15, -0.1) is 0 Å². The molecule has 1 saturated carbocycles. The fourth-order valence-corrected chi connectivity index (χ4v) is 2.81. The van der Waals surface area contributed by atoms with Crippen molar-refractivity contribution in [2.75, 3.05) is 11.9 Å². The third-order valence-corrected chi connectivity index (χ3v) is 4.20. The Morgan fingerprint density at radius 2 is 1.81 bits per heavy atom. The third kappa shape index (κ3) is 4.49. The lowest BCUT2D eigenvalue weighted by Gasteiger charge is -2.28. The maximum atomic E-state index is 13.4. The van der Waals surface area contributed by atoms with E-state index in [0.29, 0.717) is 6.04 Å². The van der Waals surface area contributed by atoms with E-state index >= 15 is 0 Å². The SMILES string of the molecule is CCC1CCC(NCC(=O)Nc2c(F)cccc2F)CC1. The molecule has 0 unspecified atom stereocenters. The van der Waals surface area contributed by atoms with Gasteiger partial charge in [0, 0.05) is 6.04 Å². The minimum Gasteiger partial charge on any atom is -0.320 e. The number of halogens is 2. The Kier molecular flexibility index (Phi) is 5.67. The van der Waals surface area contributed by atoms with Gasteiger partial charge in [0.1, 0.15) is 17.3 Å². The molecular formula is C16H22F2N2O. The largest absolute Gasteiger partial charge is 0.320 e. The standard InChI is InChI=1S/C16H22F2N2O/c1-2-11-6-8-12(9-7-11)19-10-15(21)20-16-13(17)4-3-5-14(16)18/h3-5,11-12,19H,2,6-10H2,1H3,(H,20,21). The van der Waals surface area contributed by atoms with Crippen LogP contribution in [0, 0.1) is 17.6 Å². The summed E-state index contributed by atoms with van der Waals surface area (Å²) >= 11 is 0. The number of hydrogen-bond acceptors (Lipinski definition) is 2. The first kappa shape index (κ1) is 15.9. The van der Waals surface area contributed by atoms with Crippen LogP contribution in [-0.4, -0.2) is 18.5 Å². The van der Waals surface area contributed by atoms with Crippen LogP contribution in [0.4, 0.5) is 14.5 Å². The summed E-state index contributed by atoms with van der Waals surface area (Å²) in [6.45, 7) is 2.28. The van der Waals surface area contributed by atoms with Gasteiger partial charge in [-0.3, -0.25) is 4.79 Å². The van der Waals surface area contributed by atoms with E-state index in [1.54, 1.807) is 0 Å². The van der Waals surface area contributed by atoms with Crippen molar-refractivity contribution in [3.63, 3.8) is 0 Å². The number of hydrogen-bond donors (Lipinski definition) is 2. The normalized spacial score (nSPS) is 22.0. The summed E-state index contributed by atoms with van der Waals surface area (Å²) in [5.74, 6) is -1.14. The number of amides is 1. The predicted molar refractivity (Wildman–Crippen MR) is 79.0 cm³/mol. The maximum absolute atomic E-state index is 13.4. The van der Waals surface area contributed by atoms with Gasteiger partial charge in [-0.25, -0.2) is 8.78 Å². The number of benzene rings is 1. The second-order valence-corrected chi connectivity index (χ2v) is 5.65. The first-order valence-corrected chi connectivity index (χ1v) is 7.57. The summed E-state index contributed by atoms with van der Waals surface area (Å²) in [6.07, 6.45) is 5.68. The highest BCUT2D eigenvalue weighted by Gasteiger charge is 2.20. The number of nitrogens with one attached hydrogen (secondary N) is 2. The average molecular weight is 296 g/mol. The predicted octanol–water partition coefficient (Wildman–Crippen LogP) is 3.46. The second-order valence-electron chi connectivity index (χ2n) is 5.65. The molecule has 21 heavy (non-hydrogen) atoms. The van der Waals surface area contributed by atoms with Crippen LogP contribution in [0.5, 0.6) is 0 Å². The van der Waals surface area contributed by atoms with Crippen LogP contribution < -0.4 is 10.6 Å². The molecule has 0 radical (unpaired) electrons. The van der Waals surface area contributed by atoms with E-state index in [1.165, 1.54) is 25.3 Å². The van der Waals surface area contributed by atoms with Gasteiger partial charge in [-0.05, 0) is 43.7 Å². The first-order chi connectivity index (χ1) is 10.1. The maximum Gasteiger partial charge on any atom is 0.238 e. The lowest BCUT2D eigenvalue weighted by Crippen LogP contribution is -2.38. The van der Waals surface area contributed by atoms with E-state index in [9.17, 15) is 13.6 Å². The van der Waals surface area contributed by atoms with Crippen LogP contribution >= 0.6 is 0 Å². The molecule has 1 aliphatic carbocycles. The van der Waals surface area contributed by atoms with Crippen LogP contribution in [0.25, 0.3) is 0 Å². The molecule has 1 fully saturated rings. The molecule has 0 atom stereocenters. The molecule has 0 aliphatic heterocycles. The van der Waals surface area contributed by atoms with Crippen LogP contribution in [0.1, 0.15) is 39.0 Å². The number of para-hydroxylation sites is 1. The van der Waals surface area contributed by atoms with E-state index in [4.69, 9.17) is 0 Å². The van der Waals surface area contributed by atoms with Gasteiger partial charge in [0.25, 0.3) is 0 Å². The number of carbonyl (C=O) groups is 1. The average Bonchev–Trinajstić information content (AvgIpc) is 2.49. The van der Waals surface area contributed by atoms with E-state index in [0.717, 1.165) is 30.9 Å². The molecule has 2 rings (SSSR count). The van der Waals surface area contributed by atoms with Gasteiger partial charge in [0.15, 0.2) is 0 Å².